The maximum atomic E-state index is 12.9. The fourth-order valence-electron chi connectivity index (χ4n) is 2.86. The number of likely N-dealkylation sites (tertiary alicyclic amines) is 1. The highest BCUT2D eigenvalue weighted by Crippen LogP contribution is 2.21. The Balaban J connectivity index is 1.70. The summed E-state index contributed by atoms with van der Waals surface area (Å²) in [6.07, 6.45) is 3.43. The highest BCUT2D eigenvalue weighted by molar-refractivity contribution is 5.85. The number of aliphatic carboxylic acids is 1. The number of carboxylic acids is 1. The Hall–Kier alpha value is -2.70. The van der Waals surface area contributed by atoms with E-state index in [1.165, 1.54) is 35.4 Å². The number of hydrogen-bond acceptors (Lipinski definition) is 4. The van der Waals surface area contributed by atoms with Gasteiger partial charge in [-0.3, -0.25) is 4.79 Å². The van der Waals surface area contributed by atoms with Gasteiger partial charge in [-0.05, 0) is 43.5 Å². The van der Waals surface area contributed by atoms with E-state index in [0.29, 0.717) is 30.1 Å². The van der Waals surface area contributed by atoms with E-state index in [1.807, 2.05) is 0 Å². The van der Waals surface area contributed by atoms with Crippen molar-refractivity contribution < 1.29 is 23.5 Å². The van der Waals surface area contributed by atoms with Crippen molar-refractivity contribution in [2.24, 2.45) is 0 Å². The van der Waals surface area contributed by atoms with Crippen molar-refractivity contribution in [1.29, 1.82) is 0 Å². The average Bonchev–Trinajstić information content (AvgIpc) is 3.04. The minimum absolute atomic E-state index is 0.0194. The van der Waals surface area contributed by atoms with E-state index in [-0.39, 0.29) is 18.1 Å². The second-order valence-electron chi connectivity index (χ2n) is 5.76. The summed E-state index contributed by atoms with van der Waals surface area (Å²) in [6.45, 7) is 0.443. The van der Waals surface area contributed by atoms with Gasteiger partial charge in [-0.25, -0.2) is 14.2 Å². The largest absolute Gasteiger partial charge is 0.480 e. The van der Waals surface area contributed by atoms with Gasteiger partial charge < -0.3 is 14.4 Å². The molecule has 1 aliphatic heterocycles. The van der Waals surface area contributed by atoms with Crippen LogP contribution in [0.3, 0.4) is 0 Å². The zero-order valence-electron chi connectivity index (χ0n) is 12.9. The third kappa shape index (κ3) is 3.45. The van der Waals surface area contributed by atoms with Crippen LogP contribution in [0.2, 0.25) is 0 Å². The molecule has 0 radical (unpaired) electrons. The zero-order chi connectivity index (χ0) is 17.1. The molecule has 126 valence electrons. The lowest BCUT2D eigenvalue weighted by Crippen LogP contribution is -2.48. The minimum Gasteiger partial charge on any atom is -0.480 e. The van der Waals surface area contributed by atoms with Crippen LogP contribution in [0.5, 0.6) is 0 Å². The minimum atomic E-state index is -0.977. The summed E-state index contributed by atoms with van der Waals surface area (Å²) < 4.78 is 18.3. The number of benzene rings is 1. The first-order valence-electron chi connectivity index (χ1n) is 7.77. The molecule has 0 saturated carbocycles. The molecule has 1 atom stereocenters. The lowest BCUT2D eigenvalue weighted by Gasteiger charge is -2.32. The summed E-state index contributed by atoms with van der Waals surface area (Å²) >= 11 is 0. The summed E-state index contributed by atoms with van der Waals surface area (Å²) in [7, 11) is 0. The van der Waals surface area contributed by atoms with Crippen LogP contribution in [0.1, 0.15) is 25.0 Å². The molecule has 1 amide bonds. The lowest BCUT2D eigenvalue weighted by molar-refractivity contribution is -0.151. The number of hydrogen-bond donors (Lipinski definition) is 1. The smallest absolute Gasteiger partial charge is 0.326 e. The predicted molar refractivity (Wildman–Crippen MR) is 82.6 cm³/mol. The van der Waals surface area contributed by atoms with Gasteiger partial charge in [0.1, 0.15) is 18.1 Å². The first-order valence-corrected chi connectivity index (χ1v) is 7.77. The molecule has 1 saturated heterocycles. The molecule has 6 nitrogen and oxygen atoms in total. The van der Waals surface area contributed by atoms with Crippen LogP contribution < -0.4 is 0 Å². The van der Waals surface area contributed by atoms with E-state index >= 15 is 0 Å². The molecule has 1 aromatic carbocycles. The number of nitrogens with zero attached hydrogens (tertiary/aromatic N) is 2. The summed E-state index contributed by atoms with van der Waals surface area (Å²) in [5.41, 5.74) is 1.03. The summed E-state index contributed by atoms with van der Waals surface area (Å²) in [4.78, 5) is 29.3. The van der Waals surface area contributed by atoms with E-state index < -0.39 is 12.0 Å². The molecule has 1 unspecified atom stereocenters. The Morgan fingerprint density at radius 1 is 1.29 bits per heavy atom. The van der Waals surface area contributed by atoms with Crippen molar-refractivity contribution in [2.75, 3.05) is 6.54 Å². The van der Waals surface area contributed by atoms with E-state index in [9.17, 15) is 19.1 Å². The number of carboxylic acid groups (broad SMARTS) is 1. The Morgan fingerprint density at radius 2 is 2.04 bits per heavy atom. The number of amides is 1. The molecule has 2 aromatic rings. The number of piperidine rings is 1. The second kappa shape index (κ2) is 6.82. The monoisotopic (exact) mass is 332 g/mol. The second-order valence-corrected chi connectivity index (χ2v) is 5.76. The predicted octanol–water partition coefficient (Wildman–Crippen LogP) is 2.49. The maximum absolute atomic E-state index is 12.9. The maximum Gasteiger partial charge on any atom is 0.326 e. The summed E-state index contributed by atoms with van der Waals surface area (Å²) in [5, 5.41) is 9.24. The molecule has 2 heterocycles. The van der Waals surface area contributed by atoms with E-state index in [0.717, 1.165) is 12.8 Å². The fourth-order valence-corrected chi connectivity index (χ4v) is 2.86. The van der Waals surface area contributed by atoms with Crippen molar-refractivity contribution in [2.45, 2.75) is 31.7 Å². The molecule has 24 heavy (non-hydrogen) atoms. The molecular formula is C17H17FN2O4. The highest BCUT2D eigenvalue weighted by Gasteiger charge is 2.32. The van der Waals surface area contributed by atoms with Gasteiger partial charge in [0.2, 0.25) is 11.8 Å². The number of aromatic nitrogens is 1. The third-order valence-electron chi connectivity index (χ3n) is 4.08. The zero-order valence-corrected chi connectivity index (χ0v) is 12.9. The normalized spacial score (nSPS) is 17.7. The average molecular weight is 332 g/mol. The standard InChI is InChI=1S/C17H17FN2O4/c18-12-6-4-11(5-7-12)16-19-13(10-24-16)9-15(21)20-8-2-1-3-14(20)17(22)23/h4-7,10,14H,1-3,8-9H2,(H,22,23). The Bertz CT molecular complexity index is 741. The van der Waals surface area contributed by atoms with Crippen LogP contribution in [-0.2, 0) is 16.0 Å². The first kappa shape index (κ1) is 16.2. The molecule has 1 aliphatic rings. The summed E-state index contributed by atoms with van der Waals surface area (Å²) in [5.74, 6) is -1.31. The van der Waals surface area contributed by atoms with Crippen LogP contribution in [-0.4, -0.2) is 39.5 Å². The SMILES string of the molecule is O=C(O)C1CCCCN1C(=O)Cc1coc(-c2ccc(F)cc2)n1. The van der Waals surface area contributed by atoms with Gasteiger partial charge in [0.15, 0.2) is 0 Å². The van der Waals surface area contributed by atoms with Crippen molar-refractivity contribution in [3.63, 3.8) is 0 Å². The van der Waals surface area contributed by atoms with Crippen molar-refractivity contribution in [1.82, 2.24) is 9.88 Å². The molecule has 7 heteroatoms. The van der Waals surface area contributed by atoms with Crippen molar-refractivity contribution in [3.05, 3.63) is 42.0 Å². The fraction of sp³-hybridized carbons (Fsp3) is 0.353. The van der Waals surface area contributed by atoms with Gasteiger partial charge in [-0.15, -0.1) is 0 Å². The third-order valence-corrected chi connectivity index (χ3v) is 4.08. The summed E-state index contributed by atoms with van der Waals surface area (Å²) in [6, 6.07) is 4.91. The van der Waals surface area contributed by atoms with Crippen molar-refractivity contribution in [3.8, 4) is 11.5 Å². The van der Waals surface area contributed by atoms with Crippen LogP contribution in [0, 0.1) is 5.82 Å². The van der Waals surface area contributed by atoms with Gasteiger partial charge in [-0.1, -0.05) is 0 Å². The molecule has 0 bridgehead atoms. The van der Waals surface area contributed by atoms with Crippen LogP contribution >= 0.6 is 0 Å². The first-order chi connectivity index (χ1) is 11.5. The number of halogens is 1. The Kier molecular flexibility index (Phi) is 4.59. The highest BCUT2D eigenvalue weighted by atomic mass is 19.1. The van der Waals surface area contributed by atoms with Crippen LogP contribution in [0.4, 0.5) is 4.39 Å². The molecule has 0 spiro atoms. The van der Waals surface area contributed by atoms with E-state index in [4.69, 9.17) is 4.42 Å². The van der Waals surface area contributed by atoms with Crippen LogP contribution in [0.25, 0.3) is 11.5 Å². The van der Waals surface area contributed by atoms with Gasteiger partial charge in [0, 0.05) is 12.1 Å². The van der Waals surface area contributed by atoms with Gasteiger partial charge in [0.05, 0.1) is 12.1 Å². The number of oxazole rings is 1. The quantitative estimate of drug-likeness (QED) is 0.930. The van der Waals surface area contributed by atoms with Crippen molar-refractivity contribution >= 4 is 11.9 Å². The van der Waals surface area contributed by atoms with Crippen LogP contribution in [0.15, 0.2) is 34.9 Å². The number of carbonyl (C=O) groups excluding carboxylic acids is 1. The molecule has 1 aromatic heterocycles. The molecule has 0 aliphatic carbocycles. The number of rotatable bonds is 4. The van der Waals surface area contributed by atoms with Gasteiger partial charge in [-0.2, -0.15) is 0 Å². The Labute approximate surface area is 137 Å². The molecule has 3 rings (SSSR count). The van der Waals surface area contributed by atoms with Gasteiger partial charge in [0.25, 0.3) is 0 Å². The topological polar surface area (TPSA) is 83.6 Å². The molecule has 1 fully saturated rings. The molecular weight excluding hydrogens is 315 g/mol. The number of carbonyl (C=O) groups is 2. The Morgan fingerprint density at radius 3 is 2.75 bits per heavy atom. The van der Waals surface area contributed by atoms with E-state index in [1.54, 1.807) is 0 Å². The van der Waals surface area contributed by atoms with E-state index in [2.05, 4.69) is 4.98 Å². The van der Waals surface area contributed by atoms with Gasteiger partial charge >= 0.3 is 5.97 Å². The molecule has 1 N–H and O–H groups in total. The lowest BCUT2D eigenvalue weighted by atomic mass is 10.0.